The minimum Gasteiger partial charge on any atom is -0.493 e. The molecule has 0 bridgehead atoms. The molecule has 0 N–H and O–H groups in total. The van der Waals surface area contributed by atoms with E-state index in [2.05, 4.69) is 27.1 Å². The Balaban J connectivity index is 1.72. The summed E-state index contributed by atoms with van der Waals surface area (Å²) in [6.07, 6.45) is 1.53. The quantitative estimate of drug-likeness (QED) is 0.245. The molecule has 188 valence electrons. The Kier molecular flexibility index (Phi) is 7.67. The van der Waals surface area contributed by atoms with Crippen LogP contribution < -0.4 is 15.0 Å². The molecular formula is C28H24BrClN4O3. The van der Waals surface area contributed by atoms with Crippen molar-refractivity contribution in [1.82, 2.24) is 9.66 Å². The van der Waals surface area contributed by atoms with Crippen LogP contribution in [0.25, 0.3) is 10.9 Å². The Morgan fingerprint density at radius 1 is 1.19 bits per heavy atom. The van der Waals surface area contributed by atoms with Crippen LogP contribution in [0.2, 0.25) is 5.02 Å². The molecule has 4 rings (SSSR count). The summed E-state index contributed by atoms with van der Waals surface area (Å²) in [5, 5.41) is 14.6. The molecule has 0 fully saturated rings. The van der Waals surface area contributed by atoms with Crippen molar-refractivity contribution in [1.29, 1.82) is 5.26 Å². The Morgan fingerprint density at radius 2 is 1.95 bits per heavy atom. The zero-order valence-electron chi connectivity index (χ0n) is 20.8. The first kappa shape index (κ1) is 26.4. The van der Waals surface area contributed by atoms with E-state index in [-0.39, 0.29) is 12.2 Å². The van der Waals surface area contributed by atoms with Gasteiger partial charge in [-0.3, -0.25) is 4.79 Å². The van der Waals surface area contributed by atoms with Gasteiger partial charge in [-0.15, -0.1) is 0 Å². The summed E-state index contributed by atoms with van der Waals surface area (Å²) < 4.78 is 13.5. The highest BCUT2D eigenvalue weighted by atomic mass is 79.9. The molecule has 1 heterocycles. The molecule has 37 heavy (non-hydrogen) atoms. The largest absolute Gasteiger partial charge is 0.493 e. The Labute approximate surface area is 228 Å². The predicted molar refractivity (Wildman–Crippen MR) is 149 cm³/mol. The third-order valence-electron chi connectivity index (χ3n) is 5.56. The average molecular weight is 580 g/mol. The lowest BCUT2D eigenvalue weighted by atomic mass is 9.95. The molecule has 0 aliphatic carbocycles. The predicted octanol–water partition coefficient (Wildman–Crippen LogP) is 6.45. The minimum absolute atomic E-state index is 0.149. The molecule has 0 amide bonds. The number of hydrogen-bond acceptors (Lipinski definition) is 6. The minimum atomic E-state index is -0.440. The lowest BCUT2D eigenvalue weighted by Gasteiger charge is -2.21. The molecule has 0 unspecified atom stereocenters. The van der Waals surface area contributed by atoms with Gasteiger partial charge in [-0.2, -0.15) is 15.0 Å². The molecule has 0 aliphatic heterocycles. The maximum absolute atomic E-state index is 13.4. The van der Waals surface area contributed by atoms with E-state index in [0.717, 1.165) is 10.0 Å². The van der Waals surface area contributed by atoms with Gasteiger partial charge in [-0.1, -0.05) is 66.5 Å². The molecule has 0 aliphatic rings. The summed E-state index contributed by atoms with van der Waals surface area (Å²) in [6.45, 7) is 6.07. The van der Waals surface area contributed by atoms with Crippen LogP contribution in [0, 0.1) is 11.3 Å². The number of ether oxygens (including phenoxy) is 2. The molecular weight excluding hydrogens is 556 g/mol. The fourth-order valence-corrected chi connectivity index (χ4v) is 4.36. The van der Waals surface area contributed by atoms with E-state index in [1.165, 1.54) is 18.0 Å². The van der Waals surface area contributed by atoms with E-state index in [1.807, 2.05) is 45.0 Å². The van der Waals surface area contributed by atoms with Gasteiger partial charge in [0.1, 0.15) is 12.4 Å². The summed E-state index contributed by atoms with van der Waals surface area (Å²) in [5.74, 6) is 1.27. The highest BCUT2D eigenvalue weighted by molar-refractivity contribution is 9.10. The number of fused-ring (bicyclic) bond motifs is 1. The Morgan fingerprint density at radius 3 is 2.65 bits per heavy atom. The molecule has 4 aromatic rings. The zero-order valence-corrected chi connectivity index (χ0v) is 23.1. The number of aromatic nitrogens is 2. The lowest BCUT2D eigenvalue weighted by molar-refractivity contribution is 0.284. The molecule has 0 radical (unpaired) electrons. The van der Waals surface area contributed by atoms with Crippen molar-refractivity contribution in [3.63, 3.8) is 0 Å². The van der Waals surface area contributed by atoms with Gasteiger partial charge < -0.3 is 9.47 Å². The van der Waals surface area contributed by atoms with E-state index in [9.17, 15) is 10.1 Å². The van der Waals surface area contributed by atoms with Gasteiger partial charge in [-0.05, 0) is 42.0 Å². The van der Waals surface area contributed by atoms with E-state index < -0.39 is 5.41 Å². The molecule has 3 aromatic carbocycles. The maximum atomic E-state index is 13.4. The summed E-state index contributed by atoms with van der Waals surface area (Å²) in [6, 6.07) is 18.1. The zero-order chi connectivity index (χ0) is 26.7. The highest BCUT2D eigenvalue weighted by Gasteiger charge is 2.23. The van der Waals surface area contributed by atoms with Crippen molar-refractivity contribution in [3.05, 3.63) is 97.0 Å². The van der Waals surface area contributed by atoms with Gasteiger partial charge in [0.2, 0.25) is 0 Å². The van der Waals surface area contributed by atoms with Crippen molar-refractivity contribution in [2.45, 2.75) is 32.8 Å². The monoisotopic (exact) mass is 578 g/mol. The number of rotatable bonds is 6. The van der Waals surface area contributed by atoms with Crippen molar-refractivity contribution < 1.29 is 9.47 Å². The van der Waals surface area contributed by atoms with Gasteiger partial charge in [0, 0.05) is 15.5 Å². The maximum Gasteiger partial charge on any atom is 0.282 e. The fourth-order valence-electron chi connectivity index (χ4n) is 3.73. The second-order valence-electron chi connectivity index (χ2n) is 9.30. The topological polar surface area (TPSA) is 89.5 Å². The SMILES string of the molecule is COc1cc(C=Nn2c(C(C)(C)C)nc3ccc(Br)cc3c2=O)cc(Cl)c1OCc1ccccc1C#N. The Bertz CT molecular complexity index is 1620. The van der Waals surface area contributed by atoms with Crippen LogP contribution in [0.4, 0.5) is 0 Å². The molecule has 7 nitrogen and oxygen atoms in total. The van der Waals surface area contributed by atoms with Gasteiger partial charge in [0.25, 0.3) is 5.56 Å². The molecule has 0 spiro atoms. The van der Waals surface area contributed by atoms with Gasteiger partial charge in [0.15, 0.2) is 11.5 Å². The van der Waals surface area contributed by atoms with Crippen LogP contribution in [0.1, 0.15) is 43.3 Å². The number of nitriles is 1. The van der Waals surface area contributed by atoms with Crippen molar-refractivity contribution in [2.24, 2.45) is 5.10 Å². The lowest BCUT2D eigenvalue weighted by Crippen LogP contribution is -2.29. The van der Waals surface area contributed by atoms with E-state index in [1.54, 1.807) is 30.3 Å². The normalized spacial score (nSPS) is 11.6. The number of hydrogen-bond donors (Lipinski definition) is 0. The second kappa shape index (κ2) is 10.8. The standard InChI is InChI=1S/C28H24BrClN4O3/c1-28(2,3)27-33-23-10-9-20(29)13-21(23)26(35)34(27)32-15-17-11-22(30)25(24(12-17)36-4)37-16-19-8-6-5-7-18(19)14-31/h5-13,15H,16H2,1-4H3. The molecule has 1 aromatic heterocycles. The molecule has 0 saturated carbocycles. The summed E-state index contributed by atoms with van der Waals surface area (Å²) in [4.78, 5) is 18.1. The van der Waals surface area contributed by atoms with Crippen molar-refractivity contribution in [3.8, 4) is 17.6 Å². The third-order valence-corrected chi connectivity index (χ3v) is 6.34. The second-order valence-corrected chi connectivity index (χ2v) is 10.6. The van der Waals surface area contributed by atoms with Crippen LogP contribution in [0.3, 0.4) is 0 Å². The summed E-state index contributed by atoms with van der Waals surface area (Å²) in [5.41, 5.74) is 1.75. The molecule has 0 saturated heterocycles. The number of nitrogens with zero attached hydrogens (tertiary/aromatic N) is 4. The summed E-state index contributed by atoms with van der Waals surface area (Å²) >= 11 is 9.97. The summed E-state index contributed by atoms with van der Waals surface area (Å²) in [7, 11) is 1.51. The average Bonchev–Trinajstić information content (AvgIpc) is 2.87. The van der Waals surface area contributed by atoms with E-state index >= 15 is 0 Å². The van der Waals surface area contributed by atoms with Gasteiger partial charge >= 0.3 is 0 Å². The first-order valence-corrected chi connectivity index (χ1v) is 12.5. The first-order valence-electron chi connectivity index (χ1n) is 11.4. The third kappa shape index (κ3) is 5.68. The molecule has 9 heteroatoms. The van der Waals surface area contributed by atoms with E-state index in [4.69, 9.17) is 26.1 Å². The van der Waals surface area contributed by atoms with Gasteiger partial charge in [0.05, 0.1) is 40.9 Å². The van der Waals surface area contributed by atoms with E-state index in [0.29, 0.717) is 44.4 Å². The van der Waals surface area contributed by atoms with Crippen LogP contribution in [0.5, 0.6) is 11.5 Å². The van der Waals surface area contributed by atoms with Gasteiger partial charge in [-0.25, -0.2) is 4.98 Å². The van der Waals surface area contributed by atoms with Crippen LogP contribution in [0.15, 0.2) is 69.0 Å². The highest BCUT2D eigenvalue weighted by Crippen LogP contribution is 2.37. The fraction of sp³-hybridized carbons (Fsp3) is 0.214. The smallest absolute Gasteiger partial charge is 0.282 e. The van der Waals surface area contributed by atoms with Crippen molar-refractivity contribution in [2.75, 3.05) is 7.11 Å². The number of halogens is 2. The number of methoxy groups -OCH3 is 1. The van der Waals surface area contributed by atoms with Crippen LogP contribution in [-0.2, 0) is 12.0 Å². The van der Waals surface area contributed by atoms with Crippen LogP contribution in [-0.4, -0.2) is 23.0 Å². The molecule has 0 atom stereocenters. The van der Waals surface area contributed by atoms with Crippen molar-refractivity contribution >= 4 is 44.6 Å². The number of benzene rings is 3. The van der Waals surface area contributed by atoms with Crippen LogP contribution >= 0.6 is 27.5 Å². The first-order chi connectivity index (χ1) is 17.6. The Hall–Kier alpha value is -3.67.